The number of pyridine rings is 1. The van der Waals surface area contributed by atoms with E-state index in [1.54, 1.807) is 36.8 Å². The summed E-state index contributed by atoms with van der Waals surface area (Å²) in [5.74, 6) is 4.57. The van der Waals surface area contributed by atoms with Gasteiger partial charge in [-0.1, -0.05) is 12.0 Å². The monoisotopic (exact) mass is 577 g/mol. The summed E-state index contributed by atoms with van der Waals surface area (Å²) in [4.78, 5) is 31.1. The van der Waals surface area contributed by atoms with Crippen LogP contribution < -0.4 is 20.4 Å². The van der Waals surface area contributed by atoms with E-state index in [-0.39, 0.29) is 30.5 Å². The minimum absolute atomic E-state index is 0.0790. The Labute approximate surface area is 239 Å². The first-order chi connectivity index (χ1) is 19.7. The van der Waals surface area contributed by atoms with E-state index < -0.39 is 22.0 Å². The highest BCUT2D eigenvalue weighted by molar-refractivity contribution is 7.89. The molecule has 2 aromatic carbocycles. The zero-order valence-electron chi connectivity index (χ0n) is 22.7. The topological polar surface area (TPSA) is 141 Å². The quantitative estimate of drug-likeness (QED) is 0.200. The molecule has 0 bridgehead atoms. The van der Waals surface area contributed by atoms with Crippen molar-refractivity contribution < 1.29 is 28.0 Å². The van der Waals surface area contributed by atoms with Crippen molar-refractivity contribution in [1.82, 2.24) is 14.8 Å². The highest BCUT2D eigenvalue weighted by Crippen LogP contribution is 2.33. The average molecular weight is 578 g/mol. The summed E-state index contributed by atoms with van der Waals surface area (Å²) in [6.45, 7) is 3.23. The molecule has 2 heterocycles. The lowest BCUT2D eigenvalue weighted by Crippen LogP contribution is -2.53. The van der Waals surface area contributed by atoms with Gasteiger partial charge in [-0.25, -0.2) is 13.9 Å². The van der Waals surface area contributed by atoms with Crippen LogP contribution in [0.2, 0.25) is 0 Å². The van der Waals surface area contributed by atoms with Gasteiger partial charge in [-0.05, 0) is 67.1 Å². The second-order valence-electron chi connectivity index (χ2n) is 9.20. The van der Waals surface area contributed by atoms with E-state index in [0.29, 0.717) is 35.7 Å². The summed E-state index contributed by atoms with van der Waals surface area (Å²) in [5, 5.41) is 12.8. The maximum absolute atomic E-state index is 13.9. The summed E-state index contributed by atoms with van der Waals surface area (Å²) in [6, 6.07) is 15.3. The third-order valence-electron chi connectivity index (χ3n) is 6.55. The van der Waals surface area contributed by atoms with Gasteiger partial charge in [0.15, 0.2) is 0 Å². The van der Waals surface area contributed by atoms with Crippen molar-refractivity contribution >= 4 is 33.2 Å². The molecule has 1 aliphatic heterocycles. The van der Waals surface area contributed by atoms with E-state index in [9.17, 15) is 23.2 Å². The zero-order chi connectivity index (χ0) is 29.4. The lowest BCUT2D eigenvalue weighted by Gasteiger charge is -2.29. The summed E-state index contributed by atoms with van der Waals surface area (Å²) in [6.07, 6.45) is 2.39. The second kappa shape index (κ2) is 13.3. The van der Waals surface area contributed by atoms with E-state index in [4.69, 9.17) is 4.74 Å². The second-order valence-corrected chi connectivity index (χ2v) is 11.1. The first kappa shape index (κ1) is 29.5. The molecule has 4 rings (SSSR count). The summed E-state index contributed by atoms with van der Waals surface area (Å²) >= 11 is 0. The number of nitrogens with one attached hydrogen (secondary N) is 2. The highest BCUT2D eigenvalue weighted by atomic mass is 32.2. The Morgan fingerprint density at radius 3 is 2.59 bits per heavy atom. The smallest absolute Gasteiger partial charge is 0.263 e. The van der Waals surface area contributed by atoms with E-state index in [0.717, 1.165) is 10.00 Å². The number of hydrogen-bond acceptors (Lipinski definition) is 8. The first-order valence-electron chi connectivity index (χ1n) is 12.9. The van der Waals surface area contributed by atoms with Crippen LogP contribution in [0.15, 0.2) is 71.8 Å². The fraction of sp³-hybridized carbons (Fsp3) is 0.276. The highest BCUT2D eigenvalue weighted by Gasteiger charge is 2.41. The molecule has 1 aliphatic rings. The number of nitrogens with zero attached hydrogens (tertiary/aromatic N) is 3. The fourth-order valence-corrected chi connectivity index (χ4v) is 6.04. The number of carbonyl (C=O) groups excluding carboxylic acids is 2. The van der Waals surface area contributed by atoms with Gasteiger partial charge < -0.3 is 15.0 Å². The molecule has 0 saturated heterocycles. The molecule has 1 unspecified atom stereocenters. The first-order valence-corrected chi connectivity index (χ1v) is 14.3. The van der Waals surface area contributed by atoms with Crippen LogP contribution in [0.3, 0.4) is 0 Å². The van der Waals surface area contributed by atoms with Crippen LogP contribution in [0.5, 0.6) is 5.75 Å². The predicted molar refractivity (Wildman–Crippen MR) is 153 cm³/mol. The average Bonchev–Trinajstić information content (AvgIpc) is 3.15. The number of sulfonamides is 1. The van der Waals surface area contributed by atoms with Crippen molar-refractivity contribution in [3.8, 4) is 17.6 Å². The van der Waals surface area contributed by atoms with Gasteiger partial charge in [0.05, 0.1) is 11.4 Å². The lowest BCUT2D eigenvalue weighted by molar-refractivity contribution is -0.133. The minimum Gasteiger partial charge on any atom is -0.481 e. The SMILES string of the molecule is CC#CCOc1ccc(S(=O)(=O)N2Cc3cc(NCCc4ccccn4)ccc3N(C(C)=O)CC2C(=O)NO)cc1. The third kappa shape index (κ3) is 7.01. The molecule has 11 nitrogen and oxygen atoms in total. The molecular weight excluding hydrogens is 546 g/mol. The summed E-state index contributed by atoms with van der Waals surface area (Å²) in [7, 11) is -4.28. The molecule has 12 heteroatoms. The Kier molecular flexibility index (Phi) is 9.57. The number of fused-ring (bicyclic) bond motifs is 1. The Bertz CT molecular complexity index is 1550. The minimum atomic E-state index is -4.28. The van der Waals surface area contributed by atoms with E-state index in [1.165, 1.54) is 36.1 Å². The van der Waals surface area contributed by atoms with Crippen LogP contribution in [0.4, 0.5) is 11.4 Å². The molecule has 0 radical (unpaired) electrons. The Morgan fingerprint density at radius 2 is 1.93 bits per heavy atom. The van der Waals surface area contributed by atoms with Gasteiger partial charge in [0.2, 0.25) is 15.9 Å². The maximum Gasteiger partial charge on any atom is 0.263 e. The largest absolute Gasteiger partial charge is 0.481 e. The molecule has 41 heavy (non-hydrogen) atoms. The molecule has 2 amide bonds. The molecule has 0 fully saturated rings. The van der Waals surface area contributed by atoms with Gasteiger partial charge >= 0.3 is 0 Å². The van der Waals surface area contributed by atoms with Crippen LogP contribution in [0, 0.1) is 11.8 Å². The van der Waals surface area contributed by atoms with Gasteiger partial charge in [-0.15, -0.1) is 5.92 Å². The number of hydroxylamine groups is 1. The Hall–Kier alpha value is -4.44. The number of carbonyl (C=O) groups is 2. The van der Waals surface area contributed by atoms with Crippen LogP contribution in [-0.2, 0) is 32.6 Å². The van der Waals surface area contributed by atoms with Crippen LogP contribution in [0.25, 0.3) is 0 Å². The number of amides is 2. The van der Waals surface area contributed by atoms with Crippen molar-refractivity contribution in [2.24, 2.45) is 0 Å². The number of ether oxygens (including phenoxy) is 1. The molecule has 3 aromatic rings. The number of aromatic nitrogens is 1. The van der Waals surface area contributed by atoms with Crippen LogP contribution in [-0.4, -0.2) is 60.5 Å². The van der Waals surface area contributed by atoms with Crippen LogP contribution >= 0.6 is 0 Å². The standard InChI is InChI=1S/C29H31N5O6S/c1-3-4-17-40-25-9-11-26(12-10-25)41(38,39)34-19-22-18-24(31-16-14-23-7-5-6-15-30-23)8-13-27(22)33(21(2)35)20-28(34)29(36)32-37/h5-13,15,18,28,31,37H,14,16-17,19-20H2,1-2H3,(H,32,36). The lowest BCUT2D eigenvalue weighted by atomic mass is 10.1. The molecule has 0 saturated carbocycles. The Balaban J connectivity index is 1.67. The Morgan fingerprint density at radius 1 is 1.15 bits per heavy atom. The van der Waals surface area contributed by atoms with Gasteiger partial charge in [-0.3, -0.25) is 19.8 Å². The molecular formula is C29H31N5O6S. The summed E-state index contributed by atoms with van der Waals surface area (Å²) in [5.41, 5.74) is 4.18. The third-order valence-corrected chi connectivity index (χ3v) is 8.42. The van der Waals surface area contributed by atoms with E-state index in [1.807, 2.05) is 18.2 Å². The normalized spacial score (nSPS) is 15.1. The van der Waals surface area contributed by atoms with E-state index >= 15 is 0 Å². The van der Waals surface area contributed by atoms with Crippen molar-refractivity contribution in [2.75, 3.05) is 29.9 Å². The fourth-order valence-electron chi connectivity index (χ4n) is 4.48. The number of hydrogen-bond donors (Lipinski definition) is 3. The molecule has 1 atom stereocenters. The number of rotatable bonds is 9. The molecule has 214 valence electrons. The van der Waals surface area contributed by atoms with Gasteiger partial charge in [0.1, 0.15) is 18.4 Å². The predicted octanol–water partition coefficient (Wildman–Crippen LogP) is 2.57. The van der Waals surface area contributed by atoms with Gasteiger partial charge in [0, 0.05) is 49.7 Å². The van der Waals surface area contributed by atoms with Crippen molar-refractivity contribution in [2.45, 2.75) is 37.8 Å². The van der Waals surface area contributed by atoms with Crippen molar-refractivity contribution in [3.63, 3.8) is 0 Å². The molecule has 3 N–H and O–H groups in total. The van der Waals surface area contributed by atoms with Crippen LogP contribution in [0.1, 0.15) is 25.1 Å². The molecule has 1 aromatic heterocycles. The number of anilines is 2. The summed E-state index contributed by atoms with van der Waals surface area (Å²) < 4.78 is 34.3. The van der Waals surface area contributed by atoms with Crippen molar-refractivity contribution in [1.29, 1.82) is 0 Å². The van der Waals surface area contributed by atoms with Gasteiger partial charge in [-0.2, -0.15) is 4.31 Å². The van der Waals surface area contributed by atoms with Gasteiger partial charge in [0.25, 0.3) is 5.91 Å². The number of benzene rings is 2. The van der Waals surface area contributed by atoms with Crippen molar-refractivity contribution in [3.05, 3.63) is 78.1 Å². The van der Waals surface area contributed by atoms with E-state index in [2.05, 4.69) is 22.1 Å². The molecule has 0 aliphatic carbocycles. The zero-order valence-corrected chi connectivity index (χ0v) is 23.5. The molecule has 0 spiro atoms. The maximum atomic E-state index is 13.9.